The summed E-state index contributed by atoms with van der Waals surface area (Å²) >= 11 is 0. The normalized spacial score (nSPS) is 21.5. The zero-order valence-corrected chi connectivity index (χ0v) is 15.3. The molecule has 1 atom stereocenters. The van der Waals surface area contributed by atoms with Crippen LogP contribution in [0.4, 0.5) is 0 Å². The van der Waals surface area contributed by atoms with Crippen molar-refractivity contribution in [2.75, 3.05) is 37.4 Å². The molecule has 0 aromatic heterocycles. The van der Waals surface area contributed by atoms with Crippen molar-refractivity contribution >= 4 is 25.8 Å². The lowest BCUT2D eigenvalue weighted by atomic mass is 10.2. The van der Waals surface area contributed by atoms with Crippen molar-refractivity contribution in [3.8, 4) is 0 Å². The maximum absolute atomic E-state index is 12.4. The summed E-state index contributed by atoms with van der Waals surface area (Å²) in [5.74, 6) is -0.182. The number of sulfonamides is 1. The van der Waals surface area contributed by atoms with E-state index in [0.29, 0.717) is 13.0 Å². The highest BCUT2D eigenvalue weighted by atomic mass is 32.2. The Morgan fingerprint density at radius 1 is 1.32 bits per heavy atom. The zero-order valence-electron chi connectivity index (χ0n) is 13.6. The van der Waals surface area contributed by atoms with Gasteiger partial charge in [0.05, 0.1) is 24.3 Å². The van der Waals surface area contributed by atoms with Crippen molar-refractivity contribution in [2.24, 2.45) is 5.92 Å². The molecule has 1 aliphatic rings. The first kappa shape index (κ1) is 19.4. The first-order chi connectivity index (χ1) is 9.96. The van der Waals surface area contributed by atoms with Gasteiger partial charge in [-0.2, -0.15) is 4.31 Å². The zero-order chi connectivity index (χ0) is 17.1. The smallest absolute Gasteiger partial charge is 0.238 e. The molecule has 1 saturated heterocycles. The van der Waals surface area contributed by atoms with Gasteiger partial charge in [-0.3, -0.25) is 4.79 Å². The molecule has 1 rings (SSSR count). The lowest BCUT2D eigenvalue weighted by Gasteiger charge is -2.30. The van der Waals surface area contributed by atoms with Crippen LogP contribution in [0.3, 0.4) is 0 Å². The lowest BCUT2D eigenvalue weighted by Crippen LogP contribution is -2.48. The average Bonchev–Trinajstić information content (AvgIpc) is 2.68. The molecular weight excluding hydrogens is 328 g/mol. The molecule has 0 radical (unpaired) electrons. The number of carbonyl (C=O) groups excluding carboxylic acids is 1. The fourth-order valence-corrected chi connectivity index (χ4v) is 5.27. The van der Waals surface area contributed by atoms with Gasteiger partial charge in [-0.1, -0.05) is 13.8 Å². The van der Waals surface area contributed by atoms with E-state index in [1.165, 1.54) is 4.90 Å². The molecule has 1 amide bonds. The van der Waals surface area contributed by atoms with Crippen LogP contribution in [0, 0.1) is 5.92 Å². The third kappa shape index (κ3) is 5.51. The molecule has 0 saturated carbocycles. The van der Waals surface area contributed by atoms with E-state index in [4.69, 9.17) is 0 Å². The molecule has 0 N–H and O–H groups in total. The number of nitrogens with zero attached hydrogens (tertiary/aromatic N) is 2. The summed E-state index contributed by atoms with van der Waals surface area (Å²) in [5.41, 5.74) is 0. The predicted octanol–water partition coefficient (Wildman–Crippen LogP) is -0.0604. The van der Waals surface area contributed by atoms with Gasteiger partial charge in [0.15, 0.2) is 9.84 Å². The second-order valence-electron chi connectivity index (χ2n) is 6.19. The van der Waals surface area contributed by atoms with Gasteiger partial charge in [-0.25, -0.2) is 16.8 Å². The fraction of sp³-hybridized carbons (Fsp3) is 0.923. The van der Waals surface area contributed by atoms with Crippen molar-refractivity contribution < 1.29 is 21.6 Å². The van der Waals surface area contributed by atoms with Gasteiger partial charge >= 0.3 is 0 Å². The van der Waals surface area contributed by atoms with Gasteiger partial charge in [0.2, 0.25) is 15.9 Å². The molecule has 0 aromatic rings. The molecule has 1 fully saturated rings. The quantitative estimate of drug-likeness (QED) is 0.639. The van der Waals surface area contributed by atoms with Crippen LogP contribution in [0.2, 0.25) is 0 Å². The summed E-state index contributed by atoms with van der Waals surface area (Å²) in [6.07, 6.45) is 1.50. The molecule has 0 aromatic carbocycles. The van der Waals surface area contributed by atoms with Crippen LogP contribution in [-0.2, 0) is 24.7 Å². The minimum absolute atomic E-state index is 0.0321. The van der Waals surface area contributed by atoms with E-state index in [0.717, 1.165) is 10.6 Å². The van der Waals surface area contributed by atoms with Crippen LogP contribution in [0.15, 0.2) is 0 Å². The predicted molar refractivity (Wildman–Crippen MR) is 85.7 cm³/mol. The summed E-state index contributed by atoms with van der Waals surface area (Å²) < 4.78 is 47.9. The molecule has 0 aliphatic carbocycles. The van der Waals surface area contributed by atoms with Crippen molar-refractivity contribution in [3.05, 3.63) is 0 Å². The minimum Gasteiger partial charge on any atom is -0.338 e. The molecule has 1 unspecified atom stereocenters. The van der Waals surface area contributed by atoms with Crippen LogP contribution in [-0.4, -0.2) is 75.4 Å². The van der Waals surface area contributed by atoms with E-state index in [1.807, 2.05) is 13.8 Å². The van der Waals surface area contributed by atoms with E-state index in [2.05, 4.69) is 0 Å². The van der Waals surface area contributed by atoms with Crippen LogP contribution < -0.4 is 0 Å². The van der Waals surface area contributed by atoms with Gasteiger partial charge in [-0.05, 0) is 19.3 Å². The fourth-order valence-electron chi connectivity index (χ4n) is 2.63. The Bertz CT molecular complexity index is 598. The largest absolute Gasteiger partial charge is 0.338 e. The van der Waals surface area contributed by atoms with Crippen molar-refractivity contribution in [1.29, 1.82) is 0 Å². The monoisotopic (exact) mass is 354 g/mol. The second-order valence-corrected chi connectivity index (χ2v) is 10.4. The van der Waals surface area contributed by atoms with Gasteiger partial charge < -0.3 is 4.90 Å². The SMILES string of the molecule is CCN(C(=O)CN(CC(C)C)S(C)(=O)=O)C1CCS(=O)(=O)C1. The maximum atomic E-state index is 12.4. The molecule has 1 heterocycles. The molecule has 0 spiro atoms. The van der Waals surface area contributed by atoms with E-state index >= 15 is 0 Å². The van der Waals surface area contributed by atoms with Gasteiger partial charge in [0.1, 0.15) is 0 Å². The molecule has 0 bridgehead atoms. The number of carbonyl (C=O) groups is 1. The Kier molecular flexibility index (Phi) is 6.40. The topological polar surface area (TPSA) is 91.8 Å². The third-order valence-corrected chi connectivity index (χ3v) is 6.63. The van der Waals surface area contributed by atoms with Gasteiger partial charge in [-0.15, -0.1) is 0 Å². The Labute approximate surface area is 133 Å². The number of hydrogen-bond acceptors (Lipinski definition) is 5. The Balaban J connectivity index is 2.83. The summed E-state index contributed by atoms with van der Waals surface area (Å²) in [5, 5.41) is 0. The van der Waals surface area contributed by atoms with Crippen molar-refractivity contribution in [3.63, 3.8) is 0 Å². The summed E-state index contributed by atoms with van der Waals surface area (Å²) in [6.45, 7) is 5.94. The molecule has 22 heavy (non-hydrogen) atoms. The molecule has 130 valence electrons. The van der Waals surface area contributed by atoms with Crippen LogP contribution in [0.25, 0.3) is 0 Å². The van der Waals surface area contributed by atoms with Crippen molar-refractivity contribution in [1.82, 2.24) is 9.21 Å². The van der Waals surface area contributed by atoms with Crippen LogP contribution >= 0.6 is 0 Å². The number of rotatable bonds is 7. The minimum atomic E-state index is -3.48. The molecule has 1 aliphatic heterocycles. The standard InChI is InChI=1S/C13H26N2O5S2/c1-5-15(12-6-7-22(19,20)10-12)13(16)9-14(8-11(2)3)21(4,17)18/h11-12H,5-10H2,1-4H3. The van der Waals surface area contributed by atoms with Gasteiger partial charge in [0, 0.05) is 19.1 Å². The highest BCUT2D eigenvalue weighted by molar-refractivity contribution is 7.91. The summed E-state index contributed by atoms with van der Waals surface area (Å²) in [4.78, 5) is 13.9. The Morgan fingerprint density at radius 3 is 2.27 bits per heavy atom. The summed E-state index contributed by atoms with van der Waals surface area (Å²) in [7, 11) is -6.56. The van der Waals surface area contributed by atoms with E-state index in [1.54, 1.807) is 6.92 Å². The Hall–Kier alpha value is -0.670. The van der Waals surface area contributed by atoms with Gasteiger partial charge in [0.25, 0.3) is 0 Å². The highest BCUT2D eigenvalue weighted by Gasteiger charge is 2.35. The molecular formula is C13H26N2O5S2. The number of likely N-dealkylation sites (N-methyl/N-ethyl adjacent to an activating group) is 1. The summed E-state index contributed by atoms with van der Waals surface area (Å²) in [6, 6.07) is -0.344. The second kappa shape index (κ2) is 7.27. The van der Waals surface area contributed by atoms with Crippen LogP contribution in [0.5, 0.6) is 0 Å². The number of hydrogen-bond donors (Lipinski definition) is 0. The first-order valence-electron chi connectivity index (χ1n) is 7.41. The van der Waals surface area contributed by atoms with E-state index < -0.39 is 19.9 Å². The van der Waals surface area contributed by atoms with Crippen molar-refractivity contribution in [2.45, 2.75) is 33.2 Å². The van der Waals surface area contributed by atoms with E-state index in [-0.39, 0.29) is 42.5 Å². The Morgan fingerprint density at radius 2 is 1.91 bits per heavy atom. The highest BCUT2D eigenvalue weighted by Crippen LogP contribution is 2.18. The first-order valence-corrected chi connectivity index (χ1v) is 11.1. The molecule has 7 nitrogen and oxygen atoms in total. The van der Waals surface area contributed by atoms with E-state index in [9.17, 15) is 21.6 Å². The lowest BCUT2D eigenvalue weighted by molar-refractivity contribution is -0.133. The number of amides is 1. The molecule has 9 heteroatoms. The third-order valence-electron chi connectivity index (χ3n) is 3.66. The number of sulfone groups is 1. The average molecular weight is 354 g/mol. The maximum Gasteiger partial charge on any atom is 0.238 e. The van der Waals surface area contributed by atoms with Crippen LogP contribution in [0.1, 0.15) is 27.2 Å².